The summed E-state index contributed by atoms with van der Waals surface area (Å²) >= 11 is 0. The molecule has 1 saturated heterocycles. The monoisotopic (exact) mass is 398 g/mol. The molecule has 0 atom stereocenters. The SMILES string of the molecule is CN=C(NCCCCN1CCN(Cc2ccccc2)CC1)NCc1ncnn1C. The lowest BCUT2D eigenvalue weighted by atomic mass is 10.2. The summed E-state index contributed by atoms with van der Waals surface area (Å²) in [6.45, 7) is 8.43. The molecule has 0 unspecified atom stereocenters. The molecule has 1 aliphatic rings. The van der Waals surface area contributed by atoms with Crippen LogP contribution in [0.3, 0.4) is 0 Å². The third kappa shape index (κ3) is 7.14. The number of rotatable bonds is 9. The van der Waals surface area contributed by atoms with E-state index in [0.717, 1.165) is 44.4 Å². The van der Waals surface area contributed by atoms with Gasteiger partial charge < -0.3 is 15.5 Å². The zero-order valence-corrected chi connectivity index (χ0v) is 17.7. The van der Waals surface area contributed by atoms with Gasteiger partial charge >= 0.3 is 0 Å². The standard InChI is InChI=1S/C21H34N8/c1-22-21(24-16-20-25-18-26-27(20)2)23-10-6-7-11-28-12-14-29(15-13-28)17-19-8-4-3-5-9-19/h3-5,8-9,18H,6-7,10-17H2,1-2H3,(H2,22,23,24). The van der Waals surface area contributed by atoms with Gasteiger partial charge in [0, 0.05) is 53.4 Å². The van der Waals surface area contributed by atoms with Crippen molar-refractivity contribution in [1.29, 1.82) is 0 Å². The van der Waals surface area contributed by atoms with Gasteiger partial charge in [-0.25, -0.2) is 4.98 Å². The second-order valence-corrected chi connectivity index (χ2v) is 7.46. The van der Waals surface area contributed by atoms with Crippen molar-refractivity contribution >= 4 is 5.96 Å². The molecule has 1 aromatic carbocycles. The largest absolute Gasteiger partial charge is 0.356 e. The van der Waals surface area contributed by atoms with Crippen LogP contribution in [0, 0.1) is 0 Å². The molecule has 29 heavy (non-hydrogen) atoms. The van der Waals surface area contributed by atoms with Crippen molar-refractivity contribution in [3.63, 3.8) is 0 Å². The van der Waals surface area contributed by atoms with Gasteiger partial charge in [0.15, 0.2) is 5.96 Å². The van der Waals surface area contributed by atoms with E-state index in [1.54, 1.807) is 18.1 Å². The van der Waals surface area contributed by atoms with Crippen molar-refractivity contribution < 1.29 is 0 Å². The maximum absolute atomic E-state index is 4.27. The smallest absolute Gasteiger partial charge is 0.191 e. The van der Waals surface area contributed by atoms with Crippen LogP contribution in [0.5, 0.6) is 0 Å². The first-order chi connectivity index (χ1) is 14.2. The number of hydrogen-bond donors (Lipinski definition) is 2. The van der Waals surface area contributed by atoms with E-state index in [4.69, 9.17) is 0 Å². The number of unbranched alkanes of at least 4 members (excludes halogenated alkanes) is 1. The minimum absolute atomic E-state index is 0.615. The van der Waals surface area contributed by atoms with Crippen LogP contribution >= 0.6 is 0 Å². The summed E-state index contributed by atoms with van der Waals surface area (Å²) in [5, 5.41) is 10.7. The van der Waals surface area contributed by atoms with Crippen LogP contribution in [-0.2, 0) is 20.1 Å². The summed E-state index contributed by atoms with van der Waals surface area (Å²) in [6.07, 6.45) is 3.90. The maximum atomic E-state index is 4.27. The first kappa shape index (κ1) is 21.3. The van der Waals surface area contributed by atoms with Crippen LogP contribution in [0.25, 0.3) is 0 Å². The topological polar surface area (TPSA) is 73.6 Å². The lowest BCUT2D eigenvalue weighted by Gasteiger charge is -2.34. The molecule has 2 heterocycles. The number of benzene rings is 1. The molecule has 0 bridgehead atoms. The Kier molecular flexibility index (Phi) is 8.45. The van der Waals surface area contributed by atoms with E-state index < -0.39 is 0 Å². The predicted octanol–water partition coefficient (Wildman–Crippen LogP) is 1.08. The number of piperazine rings is 1. The summed E-state index contributed by atoms with van der Waals surface area (Å²) in [7, 11) is 3.68. The van der Waals surface area contributed by atoms with Crippen LogP contribution in [0.1, 0.15) is 24.2 Å². The molecule has 2 aromatic rings. The average Bonchev–Trinajstić information content (AvgIpc) is 3.17. The highest BCUT2D eigenvalue weighted by Crippen LogP contribution is 2.09. The zero-order chi connectivity index (χ0) is 20.3. The molecule has 0 spiro atoms. The first-order valence-electron chi connectivity index (χ1n) is 10.5. The van der Waals surface area contributed by atoms with Gasteiger partial charge in [0.25, 0.3) is 0 Å². The number of nitrogens with one attached hydrogen (secondary N) is 2. The van der Waals surface area contributed by atoms with Gasteiger partial charge in [-0.05, 0) is 24.9 Å². The number of guanidine groups is 1. The van der Waals surface area contributed by atoms with Gasteiger partial charge in [-0.15, -0.1) is 0 Å². The lowest BCUT2D eigenvalue weighted by Crippen LogP contribution is -2.46. The molecule has 158 valence electrons. The zero-order valence-electron chi connectivity index (χ0n) is 17.7. The highest BCUT2D eigenvalue weighted by Gasteiger charge is 2.16. The van der Waals surface area contributed by atoms with Crippen LogP contribution < -0.4 is 10.6 Å². The van der Waals surface area contributed by atoms with E-state index in [1.807, 2.05) is 7.05 Å². The van der Waals surface area contributed by atoms with Gasteiger partial charge in [0.1, 0.15) is 12.2 Å². The first-order valence-corrected chi connectivity index (χ1v) is 10.5. The predicted molar refractivity (Wildman–Crippen MR) is 117 cm³/mol. The molecule has 0 radical (unpaired) electrons. The molecule has 3 rings (SSSR count). The fourth-order valence-corrected chi connectivity index (χ4v) is 3.54. The average molecular weight is 399 g/mol. The quantitative estimate of drug-likeness (QED) is 0.374. The number of hydrogen-bond acceptors (Lipinski definition) is 5. The van der Waals surface area contributed by atoms with Gasteiger partial charge in [-0.3, -0.25) is 14.6 Å². The van der Waals surface area contributed by atoms with E-state index in [-0.39, 0.29) is 0 Å². The van der Waals surface area contributed by atoms with Gasteiger partial charge in [-0.2, -0.15) is 5.10 Å². The Morgan fingerprint density at radius 1 is 1.03 bits per heavy atom. The summed E-state index contributed by atoms with van der Waals surface area (Å²) < 4.78 is 1.76. The number of aryl methyl sites for hydroxylation is 1. The summed E-state index contributed by atoms with van der Waals surface area (Å²) in [5.74, 6) is 1.70. The Balaban J connectivity index is 1.24. The molecule has 0 amide bonds. The lowest BCUT2D eigenvalue weighted by molar-refractivity contribution is 0.126. The minimum atomic E-state index is 0.615. The van der Waals surface area contributed by atoms with Crippen LogP contribution in [-0.4, -0.2) is 76.8 Å². The Morgan fingerprint density at radius 2 is 1.79 bits per heavy atom. The van der Waals surface area contributed by atoms with Gasteiger partial charge in [0.2, 0.25) is 0 Å². The Labute approximate surface area is 174 Å². The van der Waals surface area contributed by atoms with Crippen molar-refractivity contribution in [1.82, 2.24) is 35.2 Å². The summed E-state index contributed by atoms with van der Waals surface area (Å²) in [5.41, 5.74) is 1.41. The van der Waals surface area contributed by atoms with Crippen molar-refractivity contribution in [2.75, 3.05) is 46.3 Å². The van der Waals surface area contributed by atoms with E-state index in [2.05, 4.69) is 65.8 Å². The Morgan fingerprint density at radius 3 is 2.48 bits per heavy atom. The summed E-state index contributed by atoms with van der Waals surface area (Å²) in [4.78, 5) is 13.6. The Hall–Kier alpha value is -2.45. The van der Waals surface area contributed by atoms with E-state index in [9.17, 15) is 0 Å². The van der Waals surface area contributed by atoms with Crippen LogP contribution in [0.4, 0.5) is 0 Å². The maximum Gasteiger partial charge on any atom is 0.191 e. The van der Waals surface area contributed by atoms with Crippen molar-refractivity contribution in [3.05, 3.63) is 48.0 Å². The Bertz CT molecular complexity index is 734. The third-order valence-electron chi connectivity index (χ3n) is 5.35. The fraction of sp³-hybridized carbons (Fsp3) is 0.571. The molecule has 8 nitrogen and oxygen atoms in total. The second-order valence-electron chi connectivity index (χ2n) is 7.46. The molecule has 1 fully saturated rings. The molecular weight excluding hydrogens is 364 g/mol. The molecule has 0 saturated carbocycles. The van der Waals surface area contributed by atoms with Gasteiger partial charge in [-0.1, -0.05) is 30.3 Å². The normalized spacial score (nSPS) is 16.1. The number of aromatic nitrogens is 3. The van der Waals surface area contributed by atoms with E-state index >= 15 is 0 Å². The summed E-state index contributed by atoms with van der Waals surface area (Å²) in [6, 6.07) is 10.8. The molecule has 8 heteroatoms. The van der Waals surface area contributed by atoms with Gasteiger partial charge in [0.05, 0.1) is 6.54 Å². The van der Waals surface area contributed by atoms with Crippen LogP contribution in [0.2, 0.25) is 0 Å². The van der Waals surface area contributed by atoms with E-state index in [1.165, 1.54) is 31.6 Å². The molecule has 0 aliphatic carbocycles. The molecule has 1 aromatic heterocycles. The highest BCUT2D eigenvalue weighted by atomic mass is 15.3. The van der Waals surface area contributed by atoms with Crippen LogP contribution in [0.15, 0.2) is 41.7 Å². The van der Waals surface area contributed by atoms with E-state index in [0.29, 0.717) is 6.54 Å². The number of aliphatic imine (C=N–C) groups is 1. The second kappa shape index (κ2) is 11.5. The minimum Gasteiger partial charge on any atom is -0.356 e. The molecular formula is C21H34N8. The molecule has 2 N–H and O–H groups in total. The van der Waals surface area contributed by atoms with Crippen molar-refractivity contribution in [2.45, 2.75) is 25.9 Å². The van der Waals surface area contributed by atoms with Crippen molar-refractivity contribution in [2.24, 2.45) is 12.0 Å². The van der Waals surface area contributed by atoms with Crippen molar-refractivity contribution in [3.8, 4) is 0 Å². The highest BCUT2D eigenvalue weighted by molar-refractivity contribution is 5.79. The molecule has 1 aliphatic heterocycles. The third-order valence-corrected chi connectivity index (χ3v) is 5.35. The number of nitrogens with zero attached hydrogens (tertiary/aromatic N) is 6. The fourth-order valence-electron chi connectivity index (χ4n) is 3.54.